The average Bonchev–Trinajstić information content (AvgIpc) is 2.56. The van der Waals surface area contributed by atoms with Crippen molar-refractivity contribution in [1.82, 2.24) is 9.97 Å². The molecule has 1 aliphatic carbocycles. The molecule has 0 unspecified atom stereocenters. The molecule has 64 valence electrons. The summed E-state index contributed by atoms with van der Waals surface area (Å²) < 4.78 is 0.704. The number of H-pyrrole nitrogens is 1. The van der Waals surface area contributed by atoms with E-state index in [2.05, 4.69) is 9.97 Å². The lowest BCUT2D eigenvalue weighted by Crippen LogP contribution is -1.96. The van der Waals surface area contributed by atoms with Crippen LogP contribution in [0.2, 0.25) is 0 Å². The number of aromatic amines is 1. The molecular weight excluding hydrogens is 168 g/mol. The first-order chi connectivity index (χ1) is 5.86. The van der Waals surface area contributed by atoms with Gasteiger partial charge in [0, 0.05) is 5.69 Å². The summed E-state index contributed by atoms with van der Waals surface area (Å²) in [6.45, 7) is 0. The third-order valence-electron chi connectivity index (χ3n) is 2.50. The lowest BCUT2D eigenvalue weighted by atomic mass is 10.0. The lowest BCUT2D eigenvalue weighted by molar-refractivity contribution is 0.693. The second-order valence-corrected chi connectivity index (χ2v) is 3.74. The largest absolute Gasteiger partial charge is 0.349 e. The van der Waals surface area contributed by atoms with Crippen molar-refractivity contribution in [2.75, 3.05) is 0 Å². The van der Waals surface area contributed by atoms with Gasteiger partial charge in [-0.25, -0.2) is 4.98 Å². The molecule has 0 amide bonds. The molecule has 0 bridgehead atoms. The lowest BCUT2D eigenvalue weighted by Gasteiger charge is -2.07. The summed E-state index contributed by atoms with van der Waals surface area (Å²) in [6, 6.07) is 1.99. The van der Waals surface area contributed by atoms with Gasteiger partial charge in [-0.2, -0.15) is 0 Å². The first kappa shape index (κ1) is 7.92. The minimum atomic E-state index is 0.703. The molecule has 2 nitrogen and oxygen atoms in total. The van der Waals surface area contributed by atoms with Gasteiger partial charge in [-0.05, 0) is 24.8 Å². The Labute approximate surface area is 77.0 Å². The van der Waals surface area contributed by atoms with Gasteiger partial charge in [-0.15, -0.1) is 0 Å². The van der Waals surface area contributed by atoms with Crippen molar-refractivity contribution in [2.24, 2.45) is 0 Å². The van der Waals surface area contributed by atoms with E-state index in [-0.39, 0.29) is 0 Å². The first-order valence-corrected chi connectivity index (χ1v) is 4.82. The molecule has 3 heteroatoms. The zero-order valence-electron chi connectivity index (χ0n) is 6.92. The van der Waals surface area contributed by atoms with Crippen LogP contribution in [0.5, 0.6) is 0 Å². The highest BCUT2D eigenvalue weighted by atomic mass is 32.1. The van der Waals surface area contributed by atoms with Gasteiger partial charge < -0.3 is 4.98 Å². The van der Waals surface area contributed by atoms with Crippen molar-refractivity contribution in [2.45, 2.75) is 31.6 Å². The fourth-order valence-corrected chi connectivity index (χ4v) is 2.03. The first-order valence-electron chi connectivity index (χ1n) is 4.41. The van der Waals surface area contributed by atoms with Crippen LogP contribution in [-0.2, 0) is 0 Å². The molecule has 0 radical (unpaired) electrons. The van der Waals surface area contributed by atoms with Crippen molar-refractivity contribution in [3.05, 3.63) is 22.7 Å². The van der Waals surface area contributed by atoms with Gasteiger partial charge in [0.05, 0.1) is 6.33 Å². The van der Waals surface area contributed by atoms with Gasteiger partial charge in [0.2, 0.25) is 0 Å². The van der Waals surface area contributed by atoms with Crippen LogP contribution in [0.15, 0.2) is 12.4 Å². The summed E-state index contributed by atoms with van der Waals surface area (Å²) in [5.41, 5.74) is 1.27. The van der Waals surface area contributed by atoms with E-state index in [0.29, 0.717) is 10.6 Å². The number of hydrogen-bond donors (Lipinski definition) is 1. The van der Waals surface area contributed by atoms with Gasteiger partial charge in [0.15, 0.2) is 0 Å². The molecular formula is C9H12N2S. The molecule has 0 aliphatic heterocycles. The predicted molar refractivity (Wildman–Crippen MR) is 50.6 cm³/mol. The third-order valence-corrected chi connectivity index (χ3v) is 2.72. The fraction of sp³-hybridized carbons (Fsp3) is 0.556. The molecule has 1 aliphatic rings. The number of nitrogens with one attached hydrogen (secondary N) is 1. The Morgan fingerprint density at radius 1 is 1.42 bits per heavy atom. The minimum Gasteiger partial charge on any atom is -0.349 e. The van der Waals surface area contributed by atoms with Crippen LogP contribution in [0.4, 0.5) is 0 Å². The maximum Gasteiger partial charge on any atom is 0.129 e. The van der Waals surface area contributed by atoms with Gasteiger partial charge in [0.1, 0.15) is 4.64 Å². The SMILES string of the molecule is S=c1cc(C2CCCC2)[nH]cn1. The standard InChI is InChI=1S/C9H12N2S/c12-9-5-8(10-6-11-9)7-3-1-2-4-7/h5-7H,1-4H2,(H,10,11,12). The molecule has 2 rings (SSSR count). The number of rotatable bonds is 1. The monoisotopic (exact) mass is 180 g/mol. The van der Waals surface area contributed by atoms with Gasteiger partial charge in [-0.1, -0.05) is 25.1 Å². The number of hydrogen-bond acceptors (Lipinski definition) is 2. The maximum atomic E-state index is 5.00. The van der Waals surface area contributed by atoms with E-state index >= 15 is 0 Å². The summed E-state index contributed by atoms with van der Waals surface area (Å²) in [7, 11) is 0. The summed E-state index contributed by atoms with van der Waals surface area (Å²) in [5.74, 6) is 0.703. The highest BCUT2D eigenvalue weighted by Crippen LogP contribution is 2.32. The summed E-state index contributed by atoms with van der Waals surface area (Å²) in [5, 5.41) is 0. The second kappa shape index (κ2) is 3.35. The van der Waals surface area contributed by atoms with Crippen molar-refractivity contribution >= 4 is 12.2 Å². The van der Waals surface area contributed by atoms with E-state index in [1.807, 2.05) is 6.07 Å². The van der Waals surface area contributed by atoms with Gasteiger partial charge >= 0.3 is 0 Å². The molecule has 1 saturated carbocycles. The molecule has 1 fully saturated rings. The molecule has 1 N–H and O–H groups in total. The summed E-state index contributed by atoms with van der Waals surface area (Å²) in [6.07, 6.45) is 7.02. The van der Waals surface area contributed by atoms with E-state index in [0.717, 1.165) is 0 Å². The molecule has 12 heavy (non-hydrogen) atoms. The van der Waals surface area contributed by atoms with E-state index in [1.54, 1.807) is 6.33 Å². The van der Waals surface area contributed by atoms with E-state index in [4.69, 9.17) is 12.2 Å². The van der Waals surface area contributed by atoms with Crippen molar-refractivity contribution in [1.29, 1.82) is 0 Å². The Bertz CT molecular complexity index is 312. The molecule has 1 heterocycles. The van der Waals surface area contributed by atoms with Crippen LogP contribution < -0.4 is 0 Å². The Hall–Kier alpha value is -0.700. The number of nitrogens with zero attached hydrogens (tertiary/aromatic N) is 1. The van der Waals surface area contributed by atoms with Gasteiger partial charge in [-0.3, -0.25) is 0 Å². The van der Waals surface area contributed by atoms with Crippen LogP contribution in [0.25, 0.3) is 0 Å². The van der Waals surface area contributed by atoms with Crippen LogP contribution >= 0.6 is 12.2 Å². The minimum absolute atomic E-state index is 0.703. The van der Waals surface area contributed by atoms with Crippen molar-refractivity contribution in [3.8, 4) is 0 Å². The van der Waals surface area contributed by atoms with Crippen LogP contribution in [0, 0.1) is 4.64 Å². The fourth-order valence-electron chi connectivity index (χ4n) is 1.85. The molecule has 0 atom stereocenters. The topological polar surface area (TPSA) is 28.7 Å². The Kier molecular flexibility index (Phi) is 2.21. The smallest absolute Gasteiger partial charge is 0.129 e. The quantitative estimate of drug-likeness (QED) is 0.673. The van der Waals surface area contributed by atoms with Crippen molar-refractivity contribution in [3.63, 3.8) is 0 Å². The Morgan fingerprint density at radius 3 is 2.83 bits per heavy atom. The third kappa shape index (κ3) is 1.55. The van der Waals surface area contributed by atoms with Crippen LogP contribution in [0.1, 0.15) is 37.3 Å². The Balaban J connectivity index is 2.27. The summed E-state index contributed by atoms with van der Waals surface area (Å²) >= 11 is 5.00. The van der Waals surface area contributed by atoms with Gasteiger partial charge in [0.25, 0.3) is 0 Å². The highest BCUT2D eigenvalue weighted by Gasteiger charge is 2.16. The zero-order valence-corrected chi connectivity index (χ0v) is 7.73. The van der Waals surface area contributed by atoms with E-state index in [9.17, 15) is 0 Å². The van der Waals surface area contributed by atoms with Crippen LogP contribution in [0.3, 0.4) is 0 Å². The molecule has 0 saturated heterocycles. The van der Waals surface area contributed by atoms with E-state index in [1.165, 1.54) is 31.4 Å². The summed E-state index contributed by atoms with van der Waals surface area (Å²) in [4.78, 5) is 7.14. The molecule has 0 aromatic carbocycles. The Morgan fingerprint density at radius 2 is 2.17 bits per heavy atom. The van der Waals surface area contributed by atoms with E-state index < -0.39 is 0 Å². The number of aromatic nitrogens is 2. The zero-order chi connectivity index (χ0) is 8.39. The highest BCUT2D eigenvalue weighted by molar-refractivity contribution is 7.71. The van der Waals surface area contributed by atoms with Crippen molar-refractivity contribution < 1.29 is 0 Å². The second-order valence-electron chi connectivity index (χ2n) is 3.32. The molecule has 1 aromatic rings. The molecule has 0 spiro atoms. The molecule has 1 aromatic heterocycles. The van der Waals surface area contributed by atoms with Crippen LogP contribution in [-0.4, -0.2) is 9.97 Å². The average molecular weight is 180 g/mol. The normalized spacial score (nSPS) is 18.3. The predicted octanol–water partition coefficient (Wildman–Crippen LogP) is 2.80. The maximum absolute atomic E-state index is 5.00.